The third-order valence-electron chi connectivity index (χ3n) is 2.21. The fourth-order valence-electron chi connectivity index (χ4n) is 1.62. The van der Waals surface area contributed by atoms with Crippen LogP contribution < -0.4 is 5.73 Å². The predicted octanol–water partition coefficient (Wildman–Crippen LogP) is 2.35. The maximum atomic E-state index is 5.63. The molecule has 0 radical (unpaired) electrons. The molecular formula is C10H10BrN. The molecule has 0 atom stereocenters. The zero-order valence-corrected chi connectivity index (χ0v) is 8.26. The minimum Gasteiger partial charge on any atom is -0.326 e. The lowest BCUT2D eigenvalue weighted by Gasteiger charge is -2.05. The van der Waals surface area contributed by atoms with Crippen LogP contribution in [0, 0.1) is 0 Å². The van der Waals surface area contributed by atoms with Gasteiger partial charge in [-0.1, -0.05) is 34.1 Å². The lowest BCUT2D eigenvalue weighted by atomic mass is 10.1. The van der Waals surface area contributed by atoms with Crippen LogP contribution in [0.15, 0.2) is 28.7 Å². The molecule has 1 aromatic carbocycles. The fourth-order valence-corrected chi connectivity index (χ4v) is 2.28. The van der Waals surface area contributed by atoms with Crippen molar-refractivity contribution in [1.29, 1.82) is 0 Å². The van der Waals surface area contributed by atoms with Crippen LogP contribution in [0.2, 0.25) is 0 Å². The van der Waals surface area contributed by atoms with Crippen LogP contribution in [0.4, 0.5) is 0 Å². The Balaban J connectivity index is 2.57. The molecule has 2 rings (SSSR count). The number of hydrogen-bond acceptors (Lipinski definition) is 1. The highest BCUT2D eigenvalue weighted by Gasteiger charge is 2.14. The lowest BCUT2D eigenvalue weighted by molar-refractivity contribution is 1.27. The standard InChI is InChI=1S/C10H10BrN/c11-9-3-1-2-7-4-5-8(6-12)10(7)9/h1-3,5H,4,6,12H2. The van der Waals surface area contributed by atoms with Gasteiger partial charge in [0.1, 0.15) is 0 Å². The van der Waals surface area contributed by atoms with E-state index in [4.69, 9.17) is 5.73 Å². The summed E-state index contributed by atoms with van der Waals surface area (Å²) in [6.07, 6.45) is 3.23. The maximum Gasteiger partial charge on any atom is 0.0253 e. The minimum absolute atomic E-state index is 0.635. The molecular weight excluding hydrogens is 214 g/mol. The first-order valence-electron chi connectivity index (χ1n) is 4.00. The van der Waals surface area contributed by atoms with Gasteiger partial charge in [-0.2, -0.15) is 0 Å². The largest absolute Gasteiger partial charge is 0.326 e. The number of hydrogen-bond donors (Lipinski definition) is 1. The van der Waals surface area contributed by atoms with Gasteiger partial charge < -0.3 is 5.73 Å². The van der Waals surface area contributed by atoms with Crippen LogP contribution >= 0.6 is 15.9 Å². The van der Waals surface area contributed by atoms with Crippen LogP contribution in [0.3, 0.4) is 0 Å². The lowest BCUT2D eigenvalue weighted by Crippen LogP contribution is -2.01. The number of halogens is 1. The van der Waals surface area contributed by atoms with Crippen molar-refractivity contribution in [2.24, 2.45) is 5.73 Å². The zero-order chi connectivity index (χ0) is 8.55. The van der Waals surface area contributed by atoms with Gasteiger partial charge in [0, 0.05) is 11.0 Å². The van der Waals surface area contributed by atoms with E-state index in [1.165, 1.54) is 16.7 Å². The van der Waals surface area contributed by atoms with Gasteiger partial charge in [0.2, 0.25) is 0 Å². The minimum atomic E-state index is 0.635. The summed E-state index contributed by atoms with van der Waals surface area (Å²) in [5.74, 6) is 0. The van der Waals surface area contributed by atoms with Gasteiger partial charge in [-0.05, 0) is 29.2 Å². The Morgan fingerprint density at radius 1 is 1.42 bits per heavy atom. The molecule has 0 amide bonds. The average Bonchev–Trinajstić information content (AvgIpc) is 2.49. The van der Waals surface area contributed by atoms with E-state index in [2.05, 4.69) is 40.2 Å². The highest BCUT2D eigenvalue weighted by molar-refractivity contribution is 9.10. The van der Waals surface area contributed by atoms with Crippen molar-refractivity contribution in [2.75, 3.05) is 6.54 Å². The Labute approximate surface area is 80.4 Å². The molecule has 0 aliphatic heterocycles. The van der Waals surface area contributed by atoms with Gasteiger partial charge in [0.25, 0.3) is 0 Å². The second-order valence-electron chi connectivity index (χ2n) is 2.91. The monoisotopic (exact) mass is 223 g/mol. The molecule has 0 bridgehead atoms. The van der Waals surface area contributed by atoms with Crippen LogP contribution in [-0.2, 0) is 6.42 Å². The quantitative estimate of drug-likeness (QED) is 0.778. The van der Waals surface area contributed by atoms with Crippen molar-refractivity contribution in [3.63, 3.8) is 0 Å². The van der Waals surface area contributed by atoms with Crippen molar-refractivity contribution >= 4 is 21.5 Å². The molecule has 1 aromatic rings. The van der Waals surface area contributed by atoms with Crippen molar-refractivity contribution < 1.29 is 0 Å². The molecule has 0 unspecified atom stereocenters. The second kappa shape index (κ2) is 3.04. The first-order valence-corrected chi connectivity index (χ1v) is 4.79. The molecule has 0 aromatic heterocycles. The highest BCUT2D eigenvalue weighted by atomic mass is 79.9. The predicted molar refractivity (Wildman–Crippen MR) is 54.9 cm³/mol. The number of benzene rings is 1. The summed E-state index contributed by atoms with van der Waals surface area (Å²) < 4.78 is 1.16. The Bertz CT molecular complexity index is 342. The van der Waals surface area contributed by atoms with Gasteiger partial charge >= 0.3 is 0 Å². The SMILES string of the molecule is NCC1=CCc2cccc(Br)c21. The van der Waals surface area contributed by atoms with E-state index < -0.39 is 0 Å². The maximum absolute atomic E-state index is 5.63. The van der Waals surface area contributed by atoms with Crippen molar-refractivity contribution in [3.05, 3.63) is 39.9 Å². The Hall–Kier alpha value is -0.600. The smallest absolute Gasteiger partial charge is 0.0253 e. The molecule has 0 fully saturated rings. The van der Waals surface area contributed by atoms with E-state index in [1.807, 2.05) is 0 Å². The summed E-state index contributed by atoms with van der Waals surface area (Å²) >= 11 is 3.53. The van der Waals surface area contributed by atoms with Crippen LogP contribution in [-0.4, -0.2) is 6.54 Å². The number of rotatable bonds is 1. The van der Waals surface area contributed by atoms with Gasteiger partial charge in [0.05, 0.1) is 0 Å². The summed E-state index contributed by atoms with van der Waals surface area (Å²) in [4.78, 5) is 0. The van der Waals surface area contributed by atoms with Gasteiger partial charge in [-0.3, -0.25) is 0 Å². The Kier molecular flexibility index (Phi) is 2.03. The van der Waals surface area contributed by atoms with Crippen LogP contribution in [0.5, 0.6) is 0 Å². The number of fused-ring (bicyclic) bond motifs is 1. The summed E-state index contributed by atoms with van der Waals surface area (Å²) in [6.45, 7) is 0.635. The normalized spacial score (nSPS) is 14.3. The van der Waals surface area contributed by atoms with Crippen molar-refractivity contribution in [2.45, 2.75) is 6.42 Å². The molecule has 2 N–H and O–H groups in total. The number of nitrogens with two attached hydrogens (primary N) is 1. The van der Waals surface area contributed by atoms with Crippen molar-refractivity contribution in [1.82, 2.24) is 0 Å². The molecule has 0 saturated heterocycles. The Morgan fingerprint density at radius 2 is 2.25 bits per heavy atom. The zero-order valence-electron chi connectivity index (χ0n) is 6.68. The molecule has 62 valence electrons. The van der Waals surface area contributed by atoms with E-state index in [1.54, 1.807) is 0 Å². The first kappa shape index (κ1) is 8.02. The molecule has 0 spiro atoms. The molecule has 1 nitrogen and oxygen atoms in total. The van der Waals surface area contributed by atoms with Gasteiger partial charge in [0.15, 0.2) is 0 Å². The van der Waals surface area contributed by atoms with Crippen LogP contribution in [0.25, 0.3) is 5.57 Å². The van der Waals surface area contributed by atoms with E-state index in [0.29, 0.717) is 6.54 Å². The average molecular weight is 224 g/mol. The first-order chi connectivity index (χ1) is 5.83. The van der Waals surface area contributed by atoms with Gasteiger partial charge in [-0.25, -0.2) is 0 Å². The third kappa shape index (κ3) is 1.11. The molecule has 1 aliphatic rings. The third-order valence-corrected chi connectivity index (χ3v) is 2.87. The van der Waals surface area contributed by atoms with E-state index in [0.717, 1.165) is 10.9 Å². The molecule has 2 heteroatoms. The van der Waals surface area contributed by atoms with Gasteiger partial charge in [-0.15, -0.1) is 0 Å². The summed E-state index contributed by atoms with van der Waals surface area (Å²) in [6, 6.07) is 6.28. The van der Waals surface area contributed by atoms with E-state index >= 15 is 0 Å². The fraction of sp³-hybridized carbons (Fsp3) is 0.200. The number of allylic oxidation sites excluding steroid dienone is 1. The highest BCUT2D eigenvalue weighted by Crippen LogP contribution is 2.32. The summed E-state index contributed by atoms with van der Waals surface area (Å²) in [7, 11) is 0. The molecule has 12 heavy (non-hydrogen) atoms. The van der Waals surface area contributed by atoms with E-state index in [-0.39, 0.29) is 0 Å². The molecule has 1 aliphatic carbocycles. The molecule has 0 heterocycles. The molecule has 0 saturated carbocycles. The van der Waals surface area contributed by atoms with Crippen molar-refractivity contribution in [3.8, 4) is 0 Å². The van der Waals surface area contributed by atoms with E-state index in [9.17, 15) is 0 Å². The van der Waals surface area contributed by atoms with Crippen LogP contribution in [0.1, 0.15) is 11.1 Å². The summed E-state index contributed by atoms with van der Waals surface area (Å²) in [5.41, 5.74) is 9.57. The summed E-state index contributed by atoms with van der Waals surface area (Å²) in [5, 5.41) is 0. The topological polar surface area (TPSA) is 26.0 Å². The Morgan fingerprint density at radius 3 is 3.00 bits per heavy atom. The second-order valence-corrected chi connectivity index (χ2v) is 3.77.